The number of nitrogens with zero attached hydrogens (tertiary/aromatic N) is 3. The van der Waals surface area contributed by atoms with E-state index in [1.807, 2.05) is 55.5 Å². The summed E-state index contributed by atoms with van der Waals surface area (Å²) in [5.41, 5.74) is 4.17. The number of carbonyl (C=O) groups excluding carboxylic acids is 1. The van der Waals surface area contributed by atoms with Crippen molar-refractivity contribution in [3.8, 4) is 5.88 Å². The van der Waals surface area contributed by atoms with Gasteiger partial charge in [-0.05, 0) is 50.2 Å². The number of nitrogens with one attached hydrogen (secondary N) is 1. The highest BCUT2D eigenvalue weighted by Crippen LogP contribution is 2.35. The minimum atomic E-state index is -0.204. The van der Waals surface area contributed by atoms with Crippen molar-refractivity contribution in [2.75, 3.05) is 32.7 Å². The molecule has 0 spiro atoms. The molecule has 0 radical (unpaired) electrons. The Kier molecular flexibility index (Phi) is 8.60. The van der Waals surface area contributed by atoms with E-state index in [1.165, 1.54) is 76.3 Å². The zero-order chi connectivity index (χ0) is 26.5. The molecule has 0 bridgehead atoms. The molecule has 2 aromatic carbocycles. The van der Waals surface area contributed by atoms with Crippen LogP contribution in [0.15, 0.2) is 53.5 Å². The van der Waals surface area contributed by atoms with Gasteiger partial charge in [0.05, 0.1) is 22.8 Å². The highest BCUT2D eigenvalue weighted by Gasteiger charge is 2.26. The van der Waals surface area contributed by atoms with Crippen LogP contribution in [0.25, 0.3) is 10.9 Å². The van der Waals surface area contributed by atoms with Crippen LogP contribution in [-0.2, 0) is 0 Å². The second-order valence-corrected chi connectivity index (χ2v) is 11.2. The van der Waals surface area contributed by atoms with E-state index in [0.29, 0.717) is 5.56 Å². The number of aliphatic imine (C=N–C) groups is 1. The second-order valence-electron chi connectivity index (χ2n) is 11.2. The molecule has 0 unspecified atom stereocenters. The van der Waals surface area contributed by atoms with E-state index in [-0.39, 0.29) is 17.8 Å². The SMILES string of the molecule is C1CN(CC2CC2)CCN1.CC(=O)n1c(O)c(C(=NC2CCCCC2)c2ccccc2)c2ccc(C)cc21. The molecule has 2 N–H and O–H groups in total. The maximum Gasteiger partial charge on any atom is 0.230 e. The minimum absolute atomic E-state index is 0.0217. The van der Waals surface area contributed by atoms with Crippen LogP contribution in [0.4, 0.5) is 0 Å². The van der Waals surface area contributed by atoms with Crippen molar-refractivity contribution in [1.29, 1.82) is 0 Å². The largest absolute Gasteiger partial charge is 0.494 e. The van der Waals surface area contributed by atoms with E-state index in [2.05, 4.69) is 10.2 Å². The maximum absolute atomic E-state index is 12.3. The highest BCUT2D eigenvalue weighted by molar-refractivity contribution is 6.22. The van der Waals surface area contributed by atoms with Crippen LogP contribution in [0.3, 0.4) is 0 Å². The average molecular weight is 515 g/mol. The van der Waals surface area contributed by atoms with Gasteiger partial charge in [0, 0.05) is 50.6 Å². The molecule has 38 heavy (non-hydrogen) atoms. The lowest BCUT2D eigenvalue weighted by atomic mass is 9.94. The van der Waals surface area contributed by atoms with Gasteiger partial charge in [-0.25, -0.2) is 0 Å². The summed E-state index contributed by atoms with van der Waals surface area (Å²) in [5, 5.41) is 15.3. The number of fused-ring (bicyclic) bond motifs is 1. The van der Waals surface area contributed by atoms with Gasteiger partial charge in [-0.3, -0.25) is 14.4 Å². The summed E-state index contributed by atoms with van der Waals surface area (Å²) in [5.74, 6) is 0.842. The normalized spacial score (nSPS) is 19.3. The third kappa shape index (κ3) is 6.36. The van der Waals surface area contributed by atoms with Crippen molar-refractivity contribution in [3.63, 3.8) is 0 Å². The summed E-state index contributed by atoms with van der Waals surface area (Å²) < 4.78 is 1.40. The molecule has 2 heterocycles. The number of piperazine rings is 1. The van der Waals surface area contributed by atoms with E-state index < -0.39 is 0 Å². The Morgan fingerprint density at radius 3 is 2.37 bits per heavy atom. The van der Waals surface area contributed by atoms with Gasteiger partial charge in [-0.15, -0.1) is 0 Å². The van der Waals surface area contributed by atoms with Gasteiger partial charge in [-0.2, -0.15) is 0 Å². The molecule has 6 heteroatoms. The van der Waals surface area contributed by atoms with Crippen LogP contribution >= 0.6 is 0 Å². The fourth-order valence-corrected chi connectivity index (χ4v) is 5.77. The first-order valence-electron chi connectivity index (χ1n) is 14.4. The van der Waals surface area contributed by atoms with Gasteiger partial charge >= 0.3 is 0 Å². The Morgan fingerprint density at radius 1 is 1.00 bits per heavy atom. The van der Waals surface area contributed by atoms with Crippen molar-refractivity contribution in [2.24, 2.45) is 10.9 Å². The molecule has 3 aliphatic rings. The smallest absolute Gasteiger partial charge is 0.230 e. The van der Waals surface area contributed by atoms with Gasteiger partial charge in [0.15, 0.2) is 0 Å². The highest BCUT2D eigenvalue weighted by atomic mass is 16.3. The van der Waals surface area contributed by atoms with Crippen LogP contribution < -0.4 is 5.32 Å². The minimum Gasteiger partial charge on any atom is -0.494 e. The number of benzene rings is 2. The number of rotatable bonds is 5. The lowest BCUT2D eigenvalue weighted by Crippen LogP contribution is -2.44. The summed E-state index contributed by atoms with van der Waals surface area (Å²) in [6.07, 6.45) is 8.77. The van der Waals surface area contributed by atoms with Gasteiger partial charge in [0.1, 0.15) is 0 Å². The molecule has 1 aromatic heterocycles. The molecule has 2 saturated carbocycles. The lowest BCUT2D eigenvalue weighted by molar-refractivity contribution is 0.0933. The number of aromatic hydroxyl groups is 1. The molecule has 1 aliphatic heterocycles. The maximum atomic E-state index is 12.3. The molecule has 0 amide bonds. The van der Waals surface area contributed by atoms with E-state index in [0.717, 1.165) is 46.5 Å². The second kappa shape index (κ2) is 12.3. The lowest BCUT2D eigenvalue weighted by Gasteiger charge is -2.26. The van der Waals surface area contributed by atoms with Crippen molar-refractivity contribution in [1.82, 2.24) is 14.8 Å². The summed E-state index contributed by atoms with van der Waals surface area (Å²) in [6, 6.07) is 16.2. The number of hydrogen-bond acceptors (Lipinski definition) is 5. The predicted molar refractivity (Wildman–Crippen MR) is 156 cm³/mol. The predicted octanol–water partition coefficient (Wildman–Crippen LogP) is 5.79. The molecule has 202 valence electrons. The van der Waals surface area contributed by atoms with E-state index in [1.54, 1.807) is 0 Å². The molecule has 3 fully saturated rings. The standard InChI is InChI=1S/C24H26N2O2.C8H16N2/c1-16-13-14-20-21(15-16)26(17(2)27)24(28)22(20)23(18-9-5-3-6-10-18)25-19-11-7-4-8-12-19;1-2-8(1)7-10-5-3-9-4-6-10/h3,5-6,9-10,13-15,19,28H,4,7-8,11-12H2,1-2H3;8-9H,1-7H2. The van der Waals surface area contributed by atoms with E-state index in [4.69, 9.17) is 4.99 Å². The number of aromatic nitrogens is 1. The molecule has 3 aromatic rings. The first kappa shape index (κ1) is 26.6. The van der Waals surface area contributed by atoms with E-state index >= 15 is 0 Å². The first-order chi connectivity index (χ1) is 18.5. The van der Waals surface area contributed by atoms with Crippen molar-refractivity contribution >= 4 is 22.5 Å². The molecular weight excluding hydrogens is 472 g/mol. The summed E-state index contributed by atoms with van der Waals surface area (Å²) in [7, 11) is 0. The number of carbonyl (C=O) groups is 1. The summed E-state index contributed by atoms with van der Waals surface area (Å²) >= 11 is 0. The average Bonchev–Trinajstić information content (AvgIpc) is 3.70. The Labute approximate surface area is 226 Å². The zero-order valence-electron chi connectivity index (χ0n) is 23.0. The van der Waals surface area contributed by atoms with Crippen LogP contribution in [-0.4, -0.2) is 65.0 Å². The molecular formula is C32H42N4O2. The fourth-order valence-electron chi connectivity index (χ4n) is 5.77. The molecule has 6 nitrogen and oxygen atoms in total. The third-order valence-corrected chi connectivity index (χ3v) is 8.01. The van der Waals surface area contributed by atoms with Crippen LogP contribution in [0.5, 0.6) is 5.88 Å². The number of hydrogen-bond donors (Lipinski definition) is 2. The molecule has 2 aliphatic carbocycles. The fraction of sp³-hybridized carbons (Fsp3) is 0.500. The van der Waals surface area contributed by atoms with Crippen LogP contribution in [0, 0.1) is 12.8 Å². The Morgan fingerprint density at radius 2 is 1.71 bits per heavy atom. The molecule has 0 atom stereocenters. The number of aryl methyl sites for hydroxylation is 1. The summed E-state index contributed by atoms with van der Waals surface area (Å²) in [4.78, 5) is 20.0. The Hall–Kier alpha value is -2.96. The first-order valence-corrected chi connectivity index (χ1v) is 14.4. The van der Waals surface area contributed by atoms with Crippen molar-refractivity contribution < 1.29 is 9.90 Å². The van der Waals surface area contributed by atoms with Crippen LogP contribution in [0.2, 0.25) is 0 Å². The molecule has 6 rings (SSSR count). The Bertz CT molecular complexity index is 1260. The van der Waals surface area contributed by atoms with Crippen molar-refractivity contribution in [3.05, 3.63) is 65.2 Å². The monoisotopic (exact) mass is 514 g/mol. The third-order valence-electron chi connectivity index (χ3n) is 8.01. The van der Waals surface area contributed by atoms with Gasteiger partial charge < -0.3 is 15.3 Å². The van der Waals surface area contributed by atoms with Gasteiger partial charge in [-0.1, -0.05) is 61.7 Å². The van der Waals surface area contributed by atoms with Crippen molar-refractivity contribution in [2.45, 2.75) is 64.8 Å². The zero-order valence-corrected chi connectivity index (χ0v) is 23.0. The van der Waals surface area contributed by atoms with Crippen LogP contribution in [0.1, 0.15) is 73.4 Å². The quantitative estimate of drug-likeness (QED) is 0.423. The topological polar surface area (TPSA) is 69.9 Å². The summed E-state index contributed by atoms with van der Waals surface area (Å²) in [6.45, 7) is 9.79. The Balaban J connectivity index is 0.000000244. The van der Waals surface area contributed by atoms with E-state index in [9.17, 15) is 9.90 Å². The van der Waals surface area contributed by atoms with Gasteiger partial charge in [0.25, 0.3) is 0 Å². The van der Waals surface area contributed by atoms with Gasteiger partial charge in [0.2, 0.25) is 11.8 Å². The molecule has 1 saturated heterocycles.